The summed E-state index contributed by atoms with van der Waals surface area (Å²) in [5, 5.41) is 3.20. The van der Waals surface area contributed by atoms with Gasteiger partial charge in [-0.25, -0.2) is 0 Å². The van der Waals surface area contributed by atoms with Crippen molar-refractivity contribution in [2.45, 2.75) is 58.2 Å². The smallest absolute Gasteiger partial charge is 0.234 e. The highest BCUT2D eigenvalue weighted by Gasteiger charge is 2.25. The maximum absolute atomic E-state index is 12.6. The Labute approximate surface area is 156 Å². The highest BCUT2D eigenvalue weighted by Crippen LogP contribution is 2.26. The van der Waals surface area contributed by atoms with E-state index in [4.69, 9.17) is 0 Å². The van der Waals surface area contributed by atoms with E-state index in [-0.39, 0.29) is 18.0 Å². The van der Waals surface area contributed by atoms with Gasteiger partial charge in [-0.05, 0) is 68.4 Å². The number of aryl methyl sites for hydroxylation is 2. The third kappa shape index (κ3) is 3.43. The van der Waals surface area contributed by atoms with Crippen LogP contribution >= 0.6 is 0 Å². The number of aromatic nitrogens is 1. The average Bonchev–Trinajstić information content (AvgIpc) is 3.13. The number of fused-ring (bicyclic) bond motifs is 2. The molecule has 0 saturated carbocycles. The summed E-state index contributed by atoms with van der Waals surface area (Å²) < 4.78 is 2.29. The van der Waals surface area contributed by atoms with E-state index in [1.54, 1.807) is 0 Å². The van der Waals surface area contributed by atoms with Crippen LogP contribution in [0.5, 0.6) is 0 Å². The molecule has 2 heterocycles. The zero-order valence-electron chi connectivity index (χ0n) is 15.9. The summed E-state index contributed by atoms with van der Waals surface area (Å²) in [6.07, 6.45) is 7.09. The summed E-state index contributed by atoms with van der Waals surface area (Å²) in [6, 6.07) is 11.3. The van der Waals surface area contributed by atoms with Crippen molar-refractivity contribution in [1.29, 1.82) is 0 Å². The summed E-state index contributed by atoms with van der Waals surface area (Å²) in [4.78, 5) is 14.9. The summed E-state index contributed by atoms with van der Waals surface area (Å²) >= 11 is 0. The number of nitrogens with one attached hydrogen (secondary N) is 1. The number of carbonyl (C=O) groups excluding carboxylic acids is 1. The molecule has 2 atom stereocenters. The van der Waals surface area contributed by atoms with Crippen molar-refractivity contribution < 1.29 is 4.79 Å². The van der Waals surface area contributed by atoms with Crippen molar-refractivity contribution in [1.82, 2.24) is 14.8 Å². The van der Waals surface area contributed by atoms with Crippen molar-refractivity contribution in [3.8, 4) is 0 Å². The minimum absolute atomic E-state index is 0.0543. The lowest BCUT2D eigenvalue weighted by atomic mass is 9.89. The van der Waals surface area contributed by atoms with Gasteiger partial charge in [-0.15, -0.1) is 0 Å². The van der Waals surface area contributed by atoms with Crippen molar-refractivity contribution in [3.05, 3.63) is 58.9 Å². The first kappa shape index (κ1) is 17.3. The molecule has 1 N–H and O–H groups in total. The molecule has 2 aromatic rings. The van der Waals surface area contributed by atoms with E-state index in [0.29, 0.717) is 6.54 Å². The van der Waals surface area contributed by atoms with Crippen molar-refractivity contribution in [2.24, 2.45) is 0 Å². The van der Waals surface area contributed by atoms with Gasteiger partial charge in [0.05, 0.1) is 12.6 Å². The molecule has 4 heteroatoms. The number of rotatable bonds is 4. The topological polar surface area (TPSA) is 37.3 Å². The van der Waals surface area contributed by atoms with Crippen LogP contribution in [0.3, 0.4) is 0 Å². The van der Waals surface area contributed by atoms with E-state index in [1.165, 1.54) is 48.1 Å². The first-order chi connectivity index (χ1) is 12.6. The second-order valence-corrected chi connectivity index (χ2v) is 7.80. The highest BCUT2D eigenvalue weighted by molar-refractivity contribution is 5.78. The lowest BCUT2D eigenvalue weighted by Gasteiger charge is -2.34. The van der Waals surface area contributed by atoms with Crippen molar-refractivity contribution in [3.63, 3.8) is 0 Å². The lowest BCUT2D eigenvalue weighted by Crippen LogP contribution is -2.43. The van der Waals surface area contributed by atoms with Gasteiger partial charge in [-0.3, -0.25) is 9.69 Å². The molecule has 1 aromatic heterocycles. The van der Waals surface area contributed by atoms with E-state index in [1.807, 2.05) is 0 Å². The third-order valence-corrected chi connectivity index (χ3v) is 6.07. The molecule has 0 saturated heterocycles. The van der Waals surface area contributed by atoms with Gasteiger partial charge in [0.1, 0.15) is 0 Å². The molecule has 1 aliphatic heterocycles. The fraction of sp³-hybridized carbons (Fsp3) is 0.500. The van der Waals surface area contributed by atoms with Gasteiger partial charge < -0.3 is 9.88 Å². The van der Waals surface area contributed by atoms with E-state index < -0.39 is 0 Å². The molecule has 0 unspecified atom stereocenters. The number of hydrogen-bond acceptors (Lipinski definition) is 2. The predicted octanol–water partition coefficient (Wildman–Crippen LogP) is 3.62. The van der Waals surface area contributed by atoms with Crippen molar-refractivity contribution in [2.75, 3.05) is 13.1 Å². The largest absolute Gasteiger partial charge is 0.349 e. The molecule has 138 valence electrons. The summed E-state index contributed by atoms with van der Waals surface area (Å²) in [5.74, 6) is 0.113. The average molecular weight is 351 g/mol. The maximum atomic E-state index is 12.6. The van der Waals surface area contributed by atoms with Crippen LogP contribution in [0.2, 0.25) is 0 Å². The Balaban J connectivity index is 1.37. The van der Waals surface area contributed by atoms with Gasteiger partial charge in [0.15, 0.2) is 0 Å². The highest BCUT2D eigenvalue weighted by atomic mass is 16.2. The molecule has 0 bridgehead atoms. The van der Waals surface area contributed by atoms with Crippen molar-refractivity contribution >= 4 is 5.91 Å². The van der Waals surface area contributed by atoms with Gasteiger partial charge in [0.25, 0.3) is 0 Å². The third-order valence-electron chi connectivity index (χ3n) is 6.07. The Morgan fingerprint density at radius 3 is 2.85 bits per heavy atom. The van der Waals surface area contributed by atoms with Crippen LogP contribution in [-0.4, -0.2) is 28.5 Å². The van der Waals surface area contributed by atoms with E-state index in [0.717, 1.165) is 13.1 Å². The second-order valence-electron chi connectivity index (χ2n) is 7.80. The molecule has 2 aliphatic rings. The van der Waals surface area contributed by atoms with Gasteiger partial charge >= 0.3 is 0 Å². The zero-order valence-corrected chi connectivity index (χ0v) is 15.9. The molecule has 0 spiro atoms. The quantitative estimate of drug-likeness (QED) is 0.913. The fourth-order valence-electron chi connectivity index (χ4n) is 4.42. The van der Waals surface area contributed by atoms with Crippen LogP contribution in [0.15, 0.2) is 36.5 Å². The number of benzene rings is 1. The fourth-order valence-corrected chi connectivity index (χ4v) is 4.42. The molecule has 4 nitrogen and oxygen atoms in total. The predicted molar refractivity (Wildman–Crippen MR) is 104 cm³/mol. The second kappa shape index (κ2) is 7.28. The molecule has 1 aromatic carbocycles. The van der Waals surface area contributed by atoms with Crippen LogP contribution < -0.4 is 5.32 Å². The maximum Gasteiger partial charge on any atom is 0.234 e. The van der Waals surface area contributed by atoms with Crippen LogP contribution in [0, 0.1) is 0 Å². The number of amides is 1. The number of hydrogen-bond donors (Lipinski definition) is 1. The van der Waals surface area contributed by atoms with Crippen LogP contribution in [-0.2, 0) is 24.2 Å². The molecule has 4 rings (SSSR count). The molecule has 1 aliphatic carbocycles. The Morgan fingerprint density at radius 1 is 1.19 bits per heavy atom. The summed E-state index contributed by atoms with van der Waals surface area (Å²) in [5.41, 5.74) is 5.48. The number of carbonyl (C=O) groups is 1. The Kier molecular flexibility index (Phi) is 4.86. The summed E-state index contributed by atoms with van der Waals surface area (Å²) in [6.45, 7) is 6.61. The first-order valence-corrected chi connectivity index (χ1v) is 9.92. The van der Waals surface area contributed by atoms with Gasteiger partial charge in [-0.2, -0.15) is 0 Å². The minimum Gasteiger partial charge on any atom is -0.349 e. The standard InChI is InChI=1S/C22H29N3O/c1-16(19-10-9-18-6-3-4-7-20(18)14-19)23-22(26)15-25-13-12-24-11-5-8-21(24)17(25)2/h5,8-11,14,16-17H,3-4,6-7,12-13,15H2,1-2H3,(H,23,26)/t16-,17+/m1/s1. The molecule has 0 fully saturated rings. The Morgan fingerprint density at radius 2 is 2.00 bits per heavy atom. The van der Waals surface area contributed by atoms with E-state index in [2.05, 4.69) is 65.2 Å². The molecule has 26 heavy (non-hydrogen) atoms. The SMILES string of the molecule is C[C@@H](NC(=O)CN1CCn2cccc2[C@@H]1C)c1ccc2c(c1)CCCC2. The molecule has 0 radical (unpaired) electrons. The minimum atomic E-state index is 0.0543. The Bertz CT molecular complexity index is 794. The molecule has 1 amide bonds. The first-order valence-electron chi connectivity index (χ1n) is 9.92. The van der Waals surface area contributed by atoms with Crippen LogP contribution in [0.1, 0.15) is 61.2 Å². The number of nitrogens with zero attached hydrogens (tertiary/aromatic N) is 2. The van der Waals surface area contributed by atoms with Crippen LogP contribution in [0.25, 0.3) is 0 Å². The van der Waals surface area contributed by atoms with E-state index in [9.17, 15) is 4.79 Å². The Hall–Kier alpha value is -2.07. The molecular formula is C22H29N3O. The van der Waals surface area contributed by atoms with E-state index >= 15 is 0 Å². The zero-order chi connectivity index (χ0) is 18.1. The normalized spacial score (nSPS) is 20.9. The monoisotopic (exact) mass is 351 g/mol. The lowest BCUT2D eigenvalue weighted by molar-refractivity contribution is -0.123. The van der Waals surface area contributed by atoms with Gasteiger partial charge in [0.2, 0.25) is 5.91 Å². The molecular weight excluding hydrogens is 322 g/mol. The summed E-state index contributed by atoms with van der Waals surface area (Å²) in [7, 11) is 0. The van der Waals surface area contributed by atoms with Gasteiger partial charge in [0, 0.05) is 31.0 Å². The van der Waals surface area contributed by atoms with Gasteiger partial charge in [-0.1, -0.05) is 18.2 Å². The van der Waals surface area contributed by atoms with Crippen LogP contribution in [0.4, 0.5) is 0 Å².